The molecule has 1 aromatic heterocycles. The van der Waals surface area contributed by atoms with Gasteiger partial charge in [0, 0.05) is 18.4 Å². The third kappa shape index (κ3) is 3.23. The molecule has 2 aliphatic carbocycles. The first-order chi connectivity index (χ1) is 10.4. The lowest BCUT2D eigenvalue weighted by atomic mass is 9.55. The van der Waals surface area contributed by atoms with Crippen LogP contribution in [0.15, 0.2) is 12.3 Å². The fraction of sp³-hybridized carbons (Fsp3) is 0.833. The molecule has 0 amide bonds. The molecule has 0 aliphatic heterocycles. The Hall–Kier alpha value is -0.870. The van der Waals surface area contributed by atoms with Crippen LogP contribution in [0.2, 0.25) is 0 Å². The summed E-state index contributed by atoms with van der Waals surface area (Å²) in [6.45, 7) is 8.49. The van der Waals surface area contributed by atoms with E-state index in [-0.39, 0.29) is 12.2 Å². The first-order valence-electron chi connectivity index (χ1n) is 8.67. The number of hydrogen-bond donors (Lipinski definition) is 1. The summed E-state index contributed by atoms with van der Waals surface area (Å²) >= 11 is 0. The fourth-order valence-electron chi connectivity index (χ4n) is 5.47. The highest BCUT2D eigenvalue weighted by atomic mass is 16.5. The second-order valence-electron chi connectivity index (χ2n) is 8.18. The molecule has 4 nitrogen and oxygen atoms in total. The van der Waals surface area contributed by atoms with Crippen molar-refractivity contribution >= 4 is 0 Å². The summed E-state index contributed by atoms with van der Waals surface area (Å²) in [6, 6.07) is 2.07. The summed E-state index contributed by atoms with van der Waals surface area (Å²) in [7, 11) is 0. The van der Waals surface area contributed by atoms with Crippen LogP contribution in [0, 0.1) is 24.2 Å². The number of fused-ring (bicyclic) bond motifs is 2. The van der Waals surface area contributed by atoms with Crippen LogP contribution in [0.4, 0.5) is 0 Å². The molecule has 2 fully saturated rings. The van der Waals surface area contributed by atoms with Gasteiger partial charge in [0.15, 0.2) is 0 Å². The molecular formula is C18H30N2O2. The highest BCUT2D eigenvalue weighted by molar-refractivity contribution is 5.03. The zero-order chi connectivity index (χ0) is 15.8. The van der Waals surface area contributed by atoms with Gasteiger partial charge in [-0.2, -0.15) is 5.10 Å². The first-order valence-corrected chi connectivity index (χ1v) is 8.67. The number of aryl methyl sites for hydroxylation is 1. The summed E-state index contributed by atoms with van der Waals surface area (Å²) in [6.07, 6.45) is 7.84. The van der Waals surface area contributed by atoms with Crippen LogP contribution in [0.25, 0.3) is 0 Å². The van der Waals surface area contributed by atoms with Crippen LogP contribution >= 0.6 is 0 Å². The predicted octanol–water partition coefficient (Wildman–Crippen LogP) is 3.18. The number of aliphatic hydroxyl groups excluding tert-OH is 1. The maximum Gasteiger partial charge on any atom is 0.0705 e. The third-order valence-corrected chi connectivity index (χ3v) is 5.61. The Kier molecular flexibility index (Phi) is 4.34. The monoisotopic (exact) mass is 306 g/mol. The lowest BCUT2D eigenvalue weighted by Crippen LogP contribution is -2.52. The van der Waals surface area contributed by atoms with E-state index in [1.807, 2.05) is 6.20 Å². The summed E-state index contributed by atoms with van der Waals surface area (Å²) in [5.41, 5.74) is 1.58. The van der Waals surface area contributed by atoms with Crippen molar-refractivity contribution in [3.05, 3.63) is 18.0 Å². The zero-order valence-electron chi connectivity index (χ0n) is 14.2. The van der Waals surface area contributed by atoms with Crippen LogP contribution in [0.3, 0.4) is 0 Å². The average Bonchev–Trinajstić information content (AvgIpc) is 2.79. The molecule has 1 heterocycles. The molecule has 2 saturated carbocycles. The maximum absolute atomic E-state index is 9.19. The van der Waals surface area contributed by atoms with Gasteiger partial charge in [0.25, 0.3) is 0 Å². The maximum atomic E-state index is 9.19. The van der Waals surface area contributed by atoms with Gasteiger partial charge in [-0.15, -0.1) is 0 Å². The van der Waals surface area contributed by atoms with Crippen molar-refractivity contribution in [1.82, 2.24) is 9.78 Å². The summed E-state index contributed by atoms with van der Waals surface area (Å²) < 4.78 is 8.36. The number of rotatable bonds is 5. The van der Waals surface area contributed by atoms with Crippen molar-refractivity contribution < 1.29 is 9.84 Å². The standard InChI is InChI=1S/C18H30N2O2/c1-14-8-17(3)10-16(12-20-15(2)4-5-19-20)11-18(9-14,13-17)22-7-6-21/h4-5,14,16,21H,6-13H2,1-3H3. The molecule has 0 saturated heterocycles. The Morgan fingerprint density at radius 1 is 1.36 bits per heavy atom. The van der Waals surface area contributed by atoms with Crippen LogP contribution in [-0.2, 0) is 11.3 Å². The average molecular weight is 306 g/mol. The van der Waals surface area contributed by atoms with Crippen LogP contribution in [0.5, 0.6) is 0 Å². The lowest BCUT2D eigenvalue weighted by molar-refractivity contribution is -0.162. The van der Waals surface area contributed by atoms with Gasteiger partial charge in [-0.25, -0.2) is 0 Å². The second-order valence-corrected chi connectivity index (χ2v) is 8.18. The highest BCUT2D eigenvalue weighted by Crippen LogP contribution is 2.56. The van der Waals surface area contributed by atoms with E-state index in [1.54, 1.807) is 0 Å². The van der Waals surface area contributed by atoms with Crippen LogP contribution in [-0.4, -0.2) is 33.7 Å². The summed E-state index contributed by atoms with van der Waals surface area (Å²) in [5, 5.41) is 13.7. The molecule has 0 aromatic carbocycles. The number of hydrogen-bond acceptors (Lipinski definition) is 3. The molecule has 2 bridgehead atoms. The Bertz CT molecular complexity index is 515. The van der Waals surface area contributed by atoms with E-state index >= 15 is 0 Å². The van der Waals surface area contributed by atoms with E-state index in [0.717, 1.165) is 25.8 Å². The molecular weight excluding hydrogens is 276 g/mol. The Morgan fingerprint density at radius 2 is 2.18 bits per heavy atom. The minimum absolute atomic E-state index is 0.0286. The van der Waals surface area contributed by atoms with Crippen molar-refractivity contribution in [3.63, 3.8) is 0 Å². The van der Waals surface area contributed by atoms with Gasteiger partial charge in [0.1, 0.15) is 0 Å². The van der Waals surface area contributed by atoms with Gasteiger partial charge < -0.3 is 9.84 Å². The number of aromatic nitrogens is 2. The Labute approximate surface area is 133 Å². The number of aliphatic hydroxyl groups is 1. The molecule has 1 aromatic rings. The second kappa shape index (κ2) is 5.97. The molecule has 4 unspecified atom stereocenters. The van der Waals surface area contributed by atoms with E-state index in [1.165, 1.54) is 18.5 Å². The molecule has 1 N–H and O–H groups in total. The summed E-state index contributed by atoms with van der Waals surface area (Å²) in [5.74, 6) is 1.33. The minimum Gasteiger partial charge on any atom is -0.394 e. The van der Waals surface area contributed by atoms with E-state index < -0.39 is 0 Å². The molecule has 4 atom stereocenters. The first kappa shape index (κ1) is 16.0. The van der Waals surface area contributed by atoms with Gasteiger partial charge in [0.05, 0.1) is 18.8 Å². The molecule has 0 spiro atoms. The zero-order valence-corrected chi connectivity index (χ0v) is 14.2. The van der Waals surface area contributed by atoms with E-state index in [2.05, 4.69) is 36.6 Å². The van der Waals surface area contributed by atoms with Gasteiger partial charge in [-0.3, -0.25) is 4.68 Å². The van der Waals surface area contributed by atoms with E-state index in [9.17, 15) is 5.11 Å². The van der Waals surface area contributed by atoms with Gasteiger partial charge in [-0.05, 0) is 62.3 Å². The number of nitrogens with zero attached hydrogens (tertiary/aromatic N) is 2. The SMILES string of the molecule is Cc1ccnn1CC1CC2(C)CC(C)CC(OCCO)(C1)C2. The lowest BCUT2D eigenvalue weighted by Gasteiger charge is -2.55. The Morgan fingerprint density at radius 3 is 2.86 bits per heavy atom. The molecule has 3 rings (SSSR count). The molecule has 22 heavy (non-hydrogen) atoms. The molecule has 2 aliphatic rings. The fourth-order valence-corrected chi connectivity index (χ4v) is 5.47. The number of ether oxygens (including phenoxy) is 1. The minimum atomic E-state index is -0.0286. The topological polar surface area (TPSA) is 47.3 Å². The third-order valence-electron chi connectivity index (χ3n) is 5.61. The highest BCUT2D eigenvalue weighted by Gasteiger charge is 2.51. The normalized spacial score (nSPS) is 38.2. The quantitative estimate of drug-likeness (QED) is 0.909. The van der Waals surface area contributed by atoms with Crippen LogP contribution in [0.1, 0.15) is 51.6 Å². The smallest absolute Gasteiger partial charge is 0.0705 e. The molecule has 4 heteroatoms. The summed E-state index contributed by atoms with van der Waals surface area (Å²) in [4.78, 5) is 0. The largest absolute Gasteiger partial charge is 0.394 e. The van der Waals surface area contributed by atoms with Crippen molar-refractivity contribution in [2.45, 2.75) is 65.0 Å². The van der Waals surface area contributed by atoms with Crippen molar-refractivity contribution in [2.24, 2.45) is 17.3 Å². The van der Waals surface area contributed by atoms with Crippen LogP contribution < -0.4 is 0 Å². The van der Waals surface area contributed by atoms with Crippen molar-refractivity contribution in [2.75, 3.05) is 13.2 Å². The van der Waals surface area contributed by atoms with Gasteiger partial charge in [0.2, 0.25) is 0 Å². The van der Waals surface area contributed by atoms with E-state index in [4.69, 9.17) is 4.74 Å². The van der Waals surface area contributed by atoms with E-state index in [0.29, 0.717) is 23.9 Å². The molecule has 124 valence electrons. The van der Waals surface area contributed by atoms with Crippen molar-refractivity contribution in [1.29, 1.82) is 0 Å². The van der Waals surface area contributed by atoms with Crippen molar-refractivity contribution in [3.8, 4) is 0 Å². The Balaban J connectivity index is 1.78. The van der Waals surface area contributed by atoms with Gasteiger partial charge in [-0.1, -0.05) is 13.8 Å². The molecule has 0 radical (unpaired) electrons. The predicted molar refractivity (Wildman–Crippen MR) is 86.6 cm³/mol. The van der Waals surface area contributed by atoms with Gasteiger partial charge >= 0.3 is 0 Å².